The van der Waals surface area contributed by atoms with Crippen molar-refractivity contribution in [2.24, 2.45) is 11.7 Å². The maximum Gasteiger partial charge on any atom is 0.0918 e. The summed E-state index contributed by atoms with van der Waals surface area (Å²) >= 11 is 0. The number of hydrogen-bond donors (Lipinski definition) is 2. The van der Waals surface area contributed by atoms with Gasteiger partial charge in [-0.2, -0.15) is 0 Å². The van der Waals surface area contributed by atoms with Crippen LogP contribution >= 0.6 is 0 Å². The summed E-state index contributed by atoms with van der Waals surface area (Å²) in [6.07, 6.45) is 1.87. The van der Waals surface area contributed by atoms with Crippen LogP contribution in [0.3, 0.4) is 0 Å². The molecule has 0 bridgehead atoms. The molecule has 0 radical (unpaired) electrons. The van der Waals surface area contributed by atoms with Gasteiger partial charge >= 0.3 is 0 Å². The molecular formula is C10H23N3. The van der Waals surface area contributed by atoms with Crippen LogP contribution in [0.2, 0.25) is 0 Å². The van der Waals surface area contributed by atoms with Crippen LogP contribution < -0.4 is 5.73 Å². The minimum Gasteiger partial charge on any atom is -0.388 e. The first-order valence-corrected chi connectivity index (χ1v) is 5.11. The van der Waals surface area contributed by atoms with Crippen molar-refractivity contribution in [3.8, 4) is 0 Å². The Morgan fingerprint density at radius 2 is 2.00 bits per heavy atom. The molecule has 3 nitrogen and oxygen atoms in total. The first kappa shape index (κ1) is 12.4. The topological polar surface area (TPSA) is 53.1 Å². The van der Waals surface area contributed by atoms with E-state index in [0.717, 1.165) is 19.6 Å². The fourth-order valence-electron chi connectivity index (χ4n) is 1.41. The Balaban J connectivity index is 3.72. The highest BCUT2D eigenvalue weighted by molar-refractivity contribution is 5.76. The van der Waals surface area contributed by atoms with E-state index in [1.54, 1.807) is 0 Å². The van der Waals surface area contributed by atoms with Crippen molar-refractivity contribution < 1.29 is 0 Å². The van der Waals surface area contributed by atoms with Crippen molar-refractivity contribution in [2.45, 2.75) is 33.6 Å². The molecule has 13 heavy (non-hydrogen) atoms. The second-order valence-corrected chi connectivity index (χ2v) is 3.97. The Hall–Kier alpha value is -0.570. The van der Waals surface area contributed by atoms with Crippen LogP contribution in [0, 0.1) is 11.3 Å². The summed E-state index contributed by atoms with van der Waals surface area (Å²) in [5.41, 5.74) is 5.32. The summed E-state index contributed by atoms with van der Waals surface area (Å²) in [4.78, 5) is 2.38. The van der Waals surface area contributed by atoms with Crippen LogP contribution in [0.4, 0.5) is 0 Å². The third-order valence-corrected chi connectivity index (χ3v) is 1.86. The molecule has 78 valence electrons. The van der Waals surface area contributed by atoms with Gasteiger partial charge in [0.1, 0.15) is 0 Å². The average molecular weight is 185 g/mol. The van der Waals surface area contributed by atoms with Gasteiger partial charge in [0.05, 0.1) is 5.84 Å². The smallest absolute Gasteiger partial charge is 0.0918 e. The van der Waals surface area contributed by atoms with Crippen LogP contribution in [0.25, 0.3) is 0 Å². The van der Waals surface area contributed by atoms with Crippen LogP contribution in [0.15, 0.2) is 0 Å². The molecule has 0 saturated heterocycles. The van der Waals surface area contributed by atoms with Gasteiger partial charge in [-0.05, 0) is 18.9 Å². The summed E-state index contributed by atoms with van der Waals surface area (Å²) in [5, 5.41) is 7.15. The third-order valence-electron chi connectivity index (χ3n) is 1.86. The summed E-state index contributed by atoms with van der Waals surface area (Å²) < 4.78 is 0. The lowest BCUT2D eigenvalue weighted by Gasteiger charge is -2.23. The number of amidine groups is 1. The molecule has 0 amide bonds. The minimum atomic E-state index is 0.296. The van der Waals surface area contributed by atoms with E-state index in [-0.39, 0.29) is 0 Å². The maximum atomic E-state index is 7.15. The first-order chi connectivity index (χ1) is 6.06. The molecule has 0 saturated carbocycles. The summed E-state index contributed by atoms with van der Waals surface area (Å²) in [6, 6.07) is 0. The van der Waals surface area contributed by atoms with Crippen LogP contribution in [-0.2, 0) is 0 Å². The fourth-order valence-corrected chi connectivity index (χ4v) is 1.41. The molecule has 0 fully saturated rings. The quantitative estimate of drug-likeness (QED) is 0.468. The lowest BCUT2D eigenvalue weighted by atomic mass is 10.2. The van der Waals surface area contributed by atoms with Crippen molar-refractivity contribution in [1.82, 2.24) is 4.90 Å². The highest BCUT2D eigenvalue weighted by atomic mass is 15.1. The second kappa shape index (κ2) is 6.89. The standard InChI is InChI=1S/C10H23N3/c1-4-6-13(8-9(2)3)7-5-10(11)12/h9H,4-8H2,1-3H3,(H3,11,12). The normalized spacial score (nSPS) is 11.2. The zero-order valence-electron chi connectivity index (χ0n) is 9.14. The van der Waals surface area contributed by atoms with Crippen molar-refractivity contribution in [1.29, 1.82) is 5.41 Å². The van der Waals surface area contributed by atoms with Gasteiger partial charge in [-0.15, -0.1) is 0 Å². The molecule has 3 N–H and O–H groups in total. The second-order valence-electron chi connectivity index (χ2n) is 3.97. The monoisotopic (exact) mass is 185 g/mol. The lowest BCUT2D eigenvalue weighted by molar-refractivity contribution is 0.251. The highest BCUT2D eigenvalue weighted by Crippen LogP contribution is 2.00. The van der Waals surface area contributed by atoms with E-state index < -0.39 is 0 Å². The van der Waals surface area contributed by atoms with Gasteiger partial charge in [0.25, 0.3) is 0 Å². The van der Waals surface area contributed by atoms with Gasteiger partial charge in [0.15, 0.2) is 0 Å². The number of rotatable bonds is 7. The number of nitrogens with two attached hydrogens (primary N) is 1. The zero-order chi connectivity index (χ0) is 10.3. The van der Waals surface area contributed by atoms with Gasteiger partial charge in [-0.1, -0.05) is 20.8 Å². The Bertz CT molecular complexity index is 143. The Morgan fingerprint density at radius 3 is 2.38 bits per heavy atom. The first-order valence-electron chi connectivity index (χ1n) is 5.11. The molecule has 0 aliphatic heterocycles. The fraction of sp³-hybridized carbons (Fsp3) is 0.900. The summed E-state index contributed by atoms with van der Waals surface area (Å²) in [5.74, 6) is 0.989. The molecule has 0 heterocycles. The molecule has 0 aromatic carbocycles. The van der Waals surface area contributed by atoms with E-state index in [1.807, 2.05) is 0 Å². The van der Waals surface area contributed by atoms with Crippen LogP contribution in [-0.4, -0.2) is 30.4 Å². The van der Waals surface area contributed by atoms with E-state index in [1.165, 1.54) is 6.42 Å². The zero-order valence-corrected chi connectivity index (χ0v) is 9.14. The summed E-state index contributed by atoms with van der Waals surface area (Å²) in [7, 11) is 0. The highest BCUT2D eigenvalue weighted by Gasteiger charge is 2.05. The summed E-state index contributed by atoms with van der Waals surface area (Å²) in [6.45, 7) is 9.78. The Labute approximate surface area is 81.8 Å². The molecule has 0 aromatic heterocycles. The molecule has 0 atom stereocenters. The average Bonchev–Trinajstić information content (AvgIpc) is 1.99. The third kappa shape index (κ3) is 7.78. The molecule has 0 unspecified atom stereocenters. The predicted octanol–water partition coefficient (Wildman–Crippen LogP) is 1.68. The van der Waals surface area contributed by atoms with Crippen molar-refractivity contribution in [3.05, 3.63) is 0 Å². The van der Waals surface area contributed by atoms with E-state index in [2.05, 4.69) is 25.7 Å². The van der Waals surface area contributed by atoms with Crippen molar-refractivity contribution in [2.75, 3.05) is 19.6 Å². The predicted molar refractivity (Wildman–Crippen MR) is 58.1 cm³/mol. The molecular weight excluding hydrogens is 162 g/mol. The van der Waals surface area contributed by atoms with Gasteiger partial charge in [0, 0.05) is 19.5 Å². The van der Waals surface area contributed by atoms with E-state index in [9.17, 15) is 0 Å². The number of hydrogen-bond acceptors (Lipinski definition) is 2. The molecule has 0 aromatic rings. The van der Waals surface area contributed by atoms with Gasteiger partial charge in [0.2, 0.25) is 0 Å². The largest absolute Gasteiger partial charge is 0.388 e. The van der Waals surface area contributed by atoms with Crippen LogP contribution in [0.5, 0.6) is 0 Å². The Morgan fingerprint density at radius 1 is 1.38 bits per heavy atom. The minimum absolute atomic E-state index is 0.296. The van der Waals surface area contributed by atoms with Gasteiger partial charge in [-0.25, -0.2) is 0 Å². The molecule has 0 spiro atoms. The van der Waals surface area contributed by atoms with E-state index in [0.29, 0.717) is 18.2 Å². The number of nitrogens with zero attached hydrogens (tertiary/aromatic N) is 1. The van der Waals surface area contributed by atoms with Gasteiger partial charge in [-0.3, -0.25) is 5.41 Å². The molecule has 3 heteroatoms. The van der Waals surface area contributed by atoms with Gasteiger partial charge < -0.3 is 10.6 Å². The molecule has 0 aliphatic carbocycles. The Kier molecular flexibility index (Phi) is 6.59. The van der Waals surface area contributed by atoms with Crippen molar-refractivity contribution >= 4 is 5.84 Å². The van der Waals surface area contributed by atoms with E-state index in [4.69, 9.17) is 11.1 Å². The van der Waals surface area contributed by atoms with Crippen molar-refractivity contribution in [3.63, 3.8) is 0 Å². The van der Waals surface area contributed by atoms with Crippen LogP contribution in [0.1, 0.15) is 33.6 Å². The maximum absolute atomic E-state index is 7.15. The number of nitrogens with one attached hydrogen (secondary N) is 1. The van der Waals surface area contributed by atoms with E-state index >= 15 is 0 Å². The lowest BCUT2D eigenvalue weighted by Crippen LogP contribution is -2.31. The molecule has 0 rings (SSSR count). The SMILES string of the molecule is CCCN(CCC(=N)N)CC(C)C. The molecule has 0 aliphatic rings.